The number of carbonyl (C=O) groups excluding carboxylic acids is 1. The minimum absolute atomic E-state index is 0.0798. The fraction of sp³-hybridized carbons (Fsp3) is 0.583. The monoisotopic (exact) mass is 270 g/mol. The lowest BCUT2D eigenvalue weighted by atomic mass is 9.86. The molecular weight excluding hydrogens is 256 g/mol. The van der Waals surface area contributed by atoms with Crippen LogP contribution in [0.1, 0.15) is 25.7 Å². The van der Waals surface area contributed by atoms with Crippen molar-refractivity contribution in [1.29, 1.82) is 0 Å². The van der Waals surface area contributed by atoms with Crippen LogP contribution < -0.4 is 4.74 Å². The first-order valence-corrected chi connectivity index (χ1v) is 6.40. The first-order chi connectivity index (χ1) is 8.75. The Balaban J connectivity index is 1.57. The topological polar surface area (TPSA) is 61.3 Å². The van der Waals surface area contributed by atoms with Crippen molar-refractivity contribution in [1.82, 2.24) is 9.97 Å². The van der Waals surface area contributed by atoms with E-state index in [0.29, 0.717) is 30.7 Å². The van der Waals surface area contributed by atoms with Crippen LogP contribution in [0, 0.1) is 5.92 Å². The highest BCUT2D eigenvalue weighted by molar-refractivity contribution is 6.29. The van der Waals surface area contributed by atoms with Crippen LogP contribution in [0.3, 0.4) is 0 Å². The Hall–Kier alpha value is -1.36. The number of aromatic nitrogens is 2. The Morgan fingerprint density at radius 3 is 2.89 bits per heavy atom. The molecule has 0 amide bonds. The molecule has 0 unspecified atom stereocenters. The second-order valence-electron chi connectivity index (χ2n) is 4.18. The Bertz CT molecular complexity index is 410. The van der Waals surface area contributed by atoms with E-state index in [2.05, 4.69) is 9.97 Å². The zero-order valence-electron chi connectivity index (χ0n) is 9.97. The Labute approximate surface area is 110 Å². The fourth-order valence-corrected chi connectivity index (χ4v) is 1.70. The molecule has 5 nitrogen and oxygen atoms in total. The van der Waals surface area contributed by atoms with Crippen molar-refractivity contribution >= 4 is 17.6 Å². The molecule has 2 rings (SSSR count). The van der Waals surface area contributed by atoms with Gasteiger partial charge < -0.3 is 9.47 Å². The maximum atomic E-state index is 11.4. The summed E-state index contributed by atoms with van der Waals surface area (Å²) >= 11 is 5.66. The summed E-state index contributed by atoms with van der Waals surface area (Å²) in [6.45, 7) is 0.802. The lowest BCUT2D eigenvalue weighted by Crippen LogP contribution is -2.24. The predicted molar refractivity (Wildman–Crippen MR) is 65.5 cm³/mol. The molecule has 1 aliphatic carbocycles. The number of carbonyl (C=O) groups is 1. The molecule has 1 aromatic rings. The molecule has 0 aliphatic heterocycles. The highest BCUT2D eigenvalue weighted by atomic mass is 35.5. The number of hydrogen-bond donors (Lipinski definition) is 0. The van der Waals surface area contributed by atoms with Crippen LogP contribution in [0.15, 0.2) is 12.4 Å². The van der Waals surface area contributed by atoms with Crippen LogP contribution in [-0.2, 0) is 9.53 Å². The maximum Gasteiger partial charge on any atom is 0.308 e. The minimum atomic E-state index is -0.0798. The van der Waals surface area contributed by atoms with Gasteiger partial charge in [0.1, 0.15) is 0 Å². The summed E-state index contributed by atoms with van der Waals surface area (Å²) in [5, 5.41) is 0.295. The Morgan fingerprint density at radius 2 is 2.22 bits per heavy atom. The van der Waals surface area contributed by atoms with Crippen LogP contribution in [0.2, 0.25) is 5.15 Å². The fourth-order valence-electron chi connectivity index (χ4n) is 1.57. The third-order valence-corrected chi connectivity index (χ3v) is 2.99. The highest BCUT2D eigenvalue weighted by Gasteiger charge is 2.26. The van der Waals surface area contributed by atoms with Crippen molar-refractivity contribution in [3.8, 4) is 5.88 Å². The van der Waals surface area contributed by atoms with Crippen LogP contribution in [0.4, 0.5) is 0 Å². The second-order valence-corrected chi connectivity index (χ2v) is 4.56. The van der Waals surface area contributed by atoms with E-state index in [1.807, 2.05) is 0 Å². The number of hydrogen-bond acceptors (Lipinski definition) is 5. The molecule has 0 aromatic carbocycles. The quantitative estimate of drug-likeness (QED) is 0.586. The zero-order chi connectivity index (χ0) is 12.8. The van der Waals surface area contributed by atoms with E-state index in [0.717, 1.165) is 19.3 Å². The molecule has 0 spiro atoms. The molecule has 98 valence electrons. The standard InChI is InChI=1S/C12H15ClN2O3/c13-10-7-14-8-11(15-10)17-5-2-6-18-12(16)9-3-1-4-9/h7-9H,1-6H2. The summed E-state index contributed by atoms with van der Waals surface area (Å²) in [6.07, 6.45) is 6.63. The molecule has 0 radical (unpaired) electrons. The average Bonchev–Trinajstić information content (AvgIpc) is 2.26. The summed E-state index contributed by atoms with van der Waals surface area (Å²) in [4.78, 5) is 19.2. The molecule has 1 aliphatic rings. The summed E-state index contributed by atoms with van der Waals surface area (Å²) in [5.74, 6) is 0.432. The molecule has 6 heteroatoms. The molecule has 0 bridgehead atoms. The van der Waals surface area contributed by atoms with Gasteiger partial charge in [0.25, 0.3) is 0 Å². The average molecular weight is 271 g/mol. The van der Waals surface area contributed by atoms with E-state index in [1.165, 1.54) is 12.4 Å². The summed E-state index contributed by atoms with van der Waals surface area (Å²) < 4.78 is 10.4. The van der Waals surface area contributed by atoms with E-state index >= 15 is 0 Å². The largest absolute Gasteiger partial charge is 0.476 e. The number of esters is 1. The second kappa shape index (κ2) is 6.54. The van der Waals surface area contributed by atoms with Crippen LogP contribution in [-0.4, -0.2) is 29.2 Å². The van der Waals surface area contributed by atoms with Gasteiger partial charge in [0.05, 0.1) is 31.5 Å². The third-order valence-electron chi connectivity index (χ3n) is 2.80. The normalized spacial score (nSPS) is 14.9. The molecule has 1 heterocycles. The van der Waals surface area contributed by atoms with Gasteiger partial charge >= 0.3 is 5.97 Å². The lowest BCUT2D eigenvalue weighted by molar-refractivity contribution is -0.151. The predicted octanol–water partition coefficient (Wildman–Crippen LogP) is 2.24. The number of halogens is 1. The van der Waals surface area contributed by atoms with Crippen molar-refractivity contribution in [3.05, 3.63) is 17.5 Å². The van der Waals surface area contributed by atoms with Crippen molar-refractivity contribution in [2.45, 2.75) is 25.7 Å². The number of nitrogens with zero attached hydrogens (tertiary/aromatic N) is 2. The summed E-state index contributed by atoms with van der Waals surface area (Å²) in [6, 6.07) is 0. The van der Waals surface area contributed by atoms with Crippen LogP contribution in [0.25, 0.3) is 0 Å². The van der Waals surface area contributed by atoms with Crippen molar-refractivity contribution in [2.24, 2.45) is 5.92 Å². The van der Waals surface area contributed by atoms with Crippen molar-refractivity contribution in [2.75, 3.05) is 13.2 Å². The minimum Gasteiger partial charge on any atom is -0.476 e. The van der Waals surface area contributed by atoms with E-state index in [4.69, 9.17) is 21.1 Å². The van der Waals surface area contributed by atoms with E-state index in [9.17, 15) is 4.79 Å². The van der Waals surface area contributed by atoms with Gasteiger partial charge in [-0.05, 0) is 12.8 Å². The number of rotatable bonds is 6. The molecule has 0 saturated heterocycles. The van der Waals surface area contributed by atoms with Gasteiger partial charge in [0, 0.05) is 6.42 Å². The summed E-state index contributed by atoms with van der Waals surface area (Å²) in [5.41, 5.74) is 0. The molecule has 1 aromatic heterocycles. The van der Waals surface area contributed by atoms with Gasteiger partial charge in [-0.25, -0.2) is 0 Å². The van der Waals surface area contributed by atoms with Crippen LogP contribution in [0.5, 0.6) is 5.88 Å². The molecule has 18 heavy (non-hydrogen) atoms. The van der Waals surface area contributed by atoms with Gasteiger partial charge in [-0.1, -0.05) is 18.0 Å². The molecule has 1 saturated carbocycles. The van der Waals surface area contributed by atoms with Crippen LogP contribution >= 0.6 is 11.6 Å². The van der Waals surface area contributed by atoms with Crippen molar-refractivity contribution < 1.29 is 14.3 Å². The van der Waals surface area contributed by atoms with E-state index in [1.54, 1.807) is 0 Å². The smallest absolute Gasteiger partial charge is 0.308 e. The molecular formula is C12H15ClN2O3. The third kappa shape index (κ3) is 3.84. The SMILES string of the molecule is O=C(OCCCOc1cncc(Cl)n1)C1CCC1. The van der Waals surface area contributed by atoms with Crippen molar-refractivity contribution in [3.63, 3.8) is 0 Å². The molecule has 0 atom stereocenters. The highest BCUT2D eigenvalue weighted by Crippen LogP contribution is 2.27. The van der Waals surface area contributed by atoms with Gasteiger partial charge in [-0.3, -0.25) is 9.78 Å². The summed E-state index contributed by atoms with van der Waals surface area (Å²) in [7, 11) is 0. The molecule has 1 fully saturated rings. The first-order valence-electron chi connectivity index (χ1n) is 6.02. The first kappa shape index (κ1) is 13.1. The molecule has 0 N–H and O–H groups in total. The zero-order valence-corrected chi connectivity index (χ0v) is 10.7. The Morgan fingerprint density at radius 1 is 1.39 bits per heavy atom. The maximum absolute atomic E-state index is 11.4. The Kier molecular flexibility index (Phi) is 4.75. The van der Waals surface area contributed by atoms with Gasteiger partial charge in [0.2, 0.25) is 5.88 Å². The number of ether oxygens (including phenoxy) is 2. The van der Waals surface area contributed by atoms with E-state index < -0.39 is 0 Å². The van der Waals surface area contributed by atoms with Gasteiger partial charge in [-0.2, -0.15) is 4.98 Å². The van der Waals surface area contributed by atoms with Gasteiger partial charge in [-0.15, -0.1) is 0 Å². The van der Waals surface area contributed by atoms with E-state index in [-0.39, 0.29) is 11.9 Å². The van der Waals surface area contributed by atoms with Gasteiger partial charge in [0.15, 0.2) is 5.15 Å². The lowest BCUT2D eigenvalue weighted by Gasteiger charge is -2.22.